The van der Waals surface area contributed by atoms with Crippen LogP contribution in [0.3, 0.4) is 0 Å². The minimum absolute atomic E-state index is 0.138. The van der Waals surface area contributed by atoms with Crippen molar-refractivity contribution in [3.8, 4) is 0 Å². The molecule has 1 amide bonds. The van der Waals surface area contributed by atoms with Gasteiger partial charge in [0.25, 0.3) is 5.91 Å². The minimum atomic E-state index is -4.40. The smallest absolute Gasteiger partial charge is 0.367 e. The standard InChI is InChI=1S/C18H16ClF3N2O/c19-14-7-5-13(6-8-14)17(25)24-11-9-23(10-12-24)16-4-2-1-3-15(16)18(20,21)22/h1-8H,9-12H2. The molecule has 0 spiro atoms. The lowest BCUT2D eigenvalue weighted by Crippen LogP contribution is -2.49. The van der Waals surface area contributed by atoms with Crippen LogP contribution in [0.2, 0.25) is 5.02 Å². The van der Waals surface area contributed by atoms with Crippen molar-refractivity contribution in [1.82, 2.24) is 4.90 Å². The van der Waals surface area contributed by atoms with Gasteiger partial charge in [-0.05, 0) is 36.4 Å². The number of halogens is 4. The topological polar surface area (TPSA) is 23.6 Å². The van der Waals surface area contributed by atoms with E-state index >= 15 is 0 Å². The van der Waals surface area contributed by atoms with E-state index in [1.54, 1.807) is 40.1 Å². The number of hydrogen-bond donors (Lipinski definition) is 0. The second-order valence-electron chi connectivity index (χ2n) is 5.80. The van der Waals surface area contributed by atoms with Gasteiger partial charge in [-0.25, -0.2) is 0 Å². The van der Waals surface area contributed by atoms with Gasteiger partial charge in [0, 0.05) is 42.5 Å². The Kier molecular flexibility index (Phi) is 4.90. The van der Waals surface area contributed by atoms with Crippen LogP contribution in [-0.4, -0.2) is 37.0 Å². The highest BCUT2D eigenvalue weighted by atomic mass is 35.5. The highest BCUT2D eigenvalue weighted by Gasteiger charge is 2.35. The van der Waals surface area contributed by atoms with Gasteiger partial charge in [0.15, 0.2) is 0 Å². The number of nitrogens with zero attached hydrogens (tertiary/aromatic N) is 2. The van der Waals surface area contributed by atoms with Crippen LogP contribution in [0.25, 0.3) is 0 Å². The predicted octanol–water partition coefficient (Wildman–Crippen LogP) is 4.32. The summed E-state index contributed by atoms with van der Waals surface area (Å²) in [5.41, 5.74) is 0.0367. The summed E-state index contributed by atoms with van der Waals surface area (Å²) in [4.78, 5) is 15.8. The Bertz CT molecular complexity index is 754. The van der Waals surface area contributed by atoms with E-state index in [0.29, 0.717) is 36.8 Å². The largest absolute Gasteiger partial charge is 0.418 e. The lowest BCUT2D eigenvalue weighted by atomic mass is 10.1. The van der Waals surface area contributed by atoms with Crippen molar-refractivity contribution in [3.63, 3.8) is 0 Å². The van der Waals surface area contributed by atoms with Crippen molar-refractivity contribution < 1.29 is 18.0 Å². The van der Waals surface area contributed by atoms with Gasteiger partial charge in [0.2, 0.25) is 0 Å². The maximum atomic E-state index is 13.2. The quantitative estimate of drug-likeness (QED) is 0.788. The van der Waals surface area contributed by atoms with Gasteiger partial charge in [0.05, 0.1) is 5.56 Å². The molecule has 0 bridgehead atoms. The fourth-order valence-electron chi connectivity index (χ4n) is 2.91. The molecule has 3 nitrogen and oxygen atoms in total. The molecule has 1 fully saturated rings. The Morgan fingerprint density at radius 3 is 2.12 bits per heavy atom. The monoisotopic (exact) mass is 368 g/mol. The summed E-state index contributed by atoms with van der Waals surface area (Å²) in [6.45, 7) is 1.44. The molecule has 1 saturated heterocycles. The average Bonchev–Trinajstić information content (AvgIpc) is 2.61. The summed E-state index contributed by atoms with van der Waals surface area (Å²) in [6, 6.07) is 12.1. The predicted molar refractivity (Wildman–Crippen MR) is 91.0 cm³/mol. The van der Waals surface area contributed by atoms with E-state index in [4.69, 9.17) is 11.6 Å². The first kappa shape index (κ1) is 17.6. The first-order valence-corrected chi connectivity index (χ1v) is 8.20. The van der Waals surface area contributed by atoms with Crippen LogP contribution >= 0.6 is 11.6 Å². The Labute approximate surface area is 148 Å². The second kappa shape index (κ2) is 6.96. The Hall–Kier alpha value is -2.21. The molecule has 1 heterocycles. The molecule has 0 unspecified atom stereocenters. The summed E-state index contributed by atoms with van der Waals surface area (Å²) >= 11 is 5.82. The zero-order valence-corrected chi connectivity index (χ0v) is 14.0. The zero-order valence-electron chi connectivity index (χ0n) is 13.3. The molecule has 0 radical (unpaired) electrons. The van der Waals surface area contributed by atoms with E-state index < -0.39 is 11.7 Å². The maximum Gasteiger partial charge on any atom is 0.418 e. The molecule has 132 valence electrons. The van der Waals surface area contributed by atoms with Gasteiger partial charge in [0.1, 0.15) is 0 Å². The molecule has 1 aliphatic heterocycles. The fourth-order valence-corrected chi connectivity index (χ4v) is 3.04. The second-order valence-corrected chi connectivity index (χ2v) is 6.24. The van der Waals surface area contributed by atoms with E-state index in [0.717, 1.165) is 6.07 Å². The molecule has 1 aliphatic rings. The Morgan fingerprint density at radius 1 is 0.920 bits per heavy atom. The van der Waals surface area contributed by atoms with Gasteiger partial charge in [-0.2, -0.15) is 13.2 Å². The lowest BCUT2D eigenvalue weighted by molar-refractivity contribution is -0.137. The van der Waals surface area contributed by atoms with Crippen LogP contribution in [0.5, 0.6) is 0 Å². The van der Waals surface area contributed by atoms with E-state index in [-0.39, 0.29) is 11.6 Å². The number of benzene rings is 2. The fraction of sp³-hybridized carbons (Fsp3) is 0.278. The lowest BCUT2D eigenvalue weighted by Gasteiger charge is -2.37. The molecule has 25 heavy (non-hydrogen) atoms. The Balaban J connectivity index is 1.70. The van der Waals surface area contributed by atoms with Crippen LogP contribution < -0.4 is 4.90 Å². The van der Waals surface area contributed by atoms with Crippen molar-refractivity contribution in [1.29, 1.82) is 0 Å². The zero-order chi connectivity index (χ0) is 18.0. The van der Waals surface area contributed by atoms with Crippen molar-refractivity contribution in [2.24, 2.45) is 0 Å². The molecule has 0 aliphatic carbocycles. The number of anilines is 1. The third kappa shape index (κ3) is 3.90. The third-order valence-electron chi connectivity index (χ3n) is 4.21. The molecule has 0 saturated carbocycles. The molecule has 0 aromatic heterocycles. The van der Waals surface area contributed by atoms with Crippen molar-refractivity contribution >= 4 is 23.2 Å². The molecule has 7 heteroatoms. The van der Waals surface area contributed by atoms with Gasteiger partial charge in [-0.1, -0.05) is 23.7 Å². The van der Waals surface area contributed by atoms with E-state index in [1.807, 2.05) is 0 Å². The normalized spacial score (nSPS) is 15.4. The van der Waals surface area contributed by atoms with E-state index in [1.165, 1.54) is 12.1 Å². The molecular weight excluding hydrogens is 353 g/mol. The summed E-state index contributed by atoms with van der Waals surface area (Å²) in [5.74, 6) is -0.138. The molecule has 0 N–H and O–H groups in total. The number of rotatable bonds is 2. The van der Waals surface area contributed by atoms with Crippen molar-refractivity contribution in [2.75, 3.05) is 31.1 Å². The third-order valence-corrected chi connectivity index (χ3v) is 4.46. The van der Waals surface area contributed by atoms with Crippen LogP contribution in [0.1, 0.15) is 15.9 Å². The summed E-state index contributed by atoms with van der Waals surface area (Å²) in [5, 5.41) is 0.546. The van der Waals surface area contributed by atoms with Crippen LogP contribution in [0, 0.1) is 0 Å². The molecule has 0 atom stereocenters. The minimum Gasteiger partial charge on any atom is -0.367 e. The van der Waals surface area contributed by atoms with Crippen LogP contribution in [-0.2, 0) is 6.18 Å². The van der Waals surface area contributed by atoms with Crippen molar-refractivity contribution in [3.05, 3.63) is 64.7 Å². The van der Waals surface area contributed by atoms with Gasteiger partial charge < -0.3 is 9.80 Å². The number of carbonyl (C=O) groups excluding carboxylic acids is 1. The average molecular weight is 369 g/mol. The van der Waals surface area contributed by atoms with E-state index in [9.17, 15) is 18.0 Å². The first-order chi connectivity index (χ1) is 11.9. The number of piperazine rings is 1. The maximum absolute atomic E-state index is 13.2. The summed E-state index contributed by atoms with van der Waals surface area (Å²) < 4.78 is 39.5. The highest BCUT2D eigenvalue weighted by molar-refractivity contribution is 6.30. The summed E-state index contributed by atoms with van der Waals surface area (Å²) in [6.07, 6.45) is -4.40. The number of para-hydroxylation sites is 1. The number of carbonyl (C=O) groups is 1. The number of alkyl halides is 3. The molecule has 2 aromatic rings. The summed E-state index contributed by atoms with van der Waals surface area (Å²) in [7, 11) is 0. The van der Waals surface area contributed by atoms with E-state index in [2.05, 4.69) is 0 Å². The van der Waals surface area contributed by atoms with Crippen LogP contribution in [0.15, 0.2) is 48.5 Å². The van der Waals surface area contributed by atoms with Gasteiger partial charge >= 0.3 is 6.18 Å². The van der Waals surface area contributed by atoms with Crippen LogP contribution in [0.4, 0.5) is 18.9 Å². The Morgan fingerprint density at radius 2 is 1.52 bits per heavy atom. The van der Waals surface area contributed by atoms with Gasteiger partial charge in [-0.15, -0.1) is 0 Å². The molecule has 3 rings (SSSR count). The number of amides is 1. The van der Waals surface area contributed by atoms with Gasteiger partial charge in [-0.3, -0.25) is 4.79 Å². The first-order valence-electron chi connectivity index (χ1n) is 7.82. The molecule has 2 aromatic carbocycles. The van der Waals surface area contributed by atoms with Crippen molar-refractivity contribution in [2.45, 2.75) is 6.18 Å². The molecular formula is C18H16ClF3N2O. The highest BCUT2D eigenvalue weighted by Crippen LogP contribution is 2.36. The number of hydrogen-bond acceptors (Lipinski definition) is 2. The SMILES string of the molecule is O=C(c1ccc(Cl)cc1)N1CCN(c2ccccc2C(F)(F)F)CC1.